The molecule has 1 aliphatic heterocycles. The minimum Gasteiger partial charge on any atom is -0.191 e. The summed E-state index contributed by atoms with van der Waals surface area (Å²) in [6, 6.07) is -11.2. The number of hydrogen-bond donors (Lipinski definition) is 1. The number of alkyl halides is 8. The Kier molecular flexibility index (Phi) is 1.67. The molecule has 1 fully saturated rings. The number of halogens is 8. The van der Waals surface area contributed by atoms with E-state index in [9.17, 15) is 35.1 Å². The highest BCUT2D eigenvalue weighted by Gasteiger charge is 2.89. The van der Waals surface area contributed by atoms with Gasteiger partial charge in [-0.1, -0.05) is 0 Å². The molecule has 0 aromatic rings. The first-order valence-electron chi connectivity index (χ1n) is 2.76. The van der Waals surface area contributed by atoms with Gasteiger partial charge in [0, 0.05) is 0 Å². The Labute approximate surface area is 65.7 Å². The van der Waals surface area contributed by atoms with Crippen LogP contribution in [0.2, 0.25) is 0 Å². The first kappa shape index (κ1) is 10.5. The second-order valence-electron chi connectivity index (χ2n) is 2.42. The Balaban J connectivity index is 3.24. The average molecular weight is 215 g/mol. The lowest BCUT2D eigenvalue weighted by molar-refractivity contribution is -0.303. The fourth-order valence-corrected chi connectivity index (χ4v) is 0.749. The van der Waals surface area contributed by atoms with Gasteiger partial charge in [0.25, 0.3) is 0 Å². The summed E-state index contributed by atoms with van der Waals surface area (Å²) in [5.74, 6) is -12.2. The van der Waals surface area contributed by atoms with Crippen molar-refractivity contribution in [3.63, 3.8) is 0 Å². The summed E-state index contributed by atoms with van der Waals surface area (Å²) in [5.41, 5.74) is 0. The Morgan fingerprint density at radius 1 is 0.538 bits per heavy atom. The number of hydrogen-bond acceptors (Lipinski definition) is 1. The van der Waals surface area contributed by atoms with Crippen LogP contribution in [0.25, 0.3) is 0 Å². The summed E-state index contributed by atoms with van der Waals surface area (Å²) in [7, 11) is 0. The molecule has 0 unspecified atom stereocenters. The molecule has 0 atom stereocenters. The molecule has 0 aromatic carbocycles. The smallest absolute Gasteiger partial charge is 0.191 e. The predicted molar refractivity (Wildman–Crippen MR) is 22.9 cm³/mol. The van der Waals surface area contributed by atoms with Crippen molar-refractivity contribution in [1.29, 1.82) is 0 Å². The quantitative estimate of drug-likeness (QED) is 0.481. The maximum Gasteiger partial charge on any atom is 0.394 e. The van der Waals surface area contributed by atoms with E-state index in [4.69, 9.17) is 0 Å². The molecule has 0 amide bonds. The molecule has 1 aliphatic rings. The van der Waals surface area contributed by atoms with Gasteiger partial charge in [0.1, 0.15) is 0 Å². The van der Waals surface area contributed by atoms with Crippen molar-refractivity contribution < 1.29 is 35.1 Å². The maximum atomic E-state index is 12.0. The molecule has 0 aromatic heterocycles. The van der Waals surface area contributed by atoms with Crippen LogP contribution < -0.4 is 5.32 Å². The Morgan fingerprint density at radius 3 is 0.846 bits per heavy atom. The molecule has 0 saturated carbocycles. The molecule has 1 saturated heterocycles. The van der Waals surface area contributed by atoms with E-state index in [2.05, 4.69) is 0 Å². The Bertz CT molecular complexity index is 208. The molecule has 78 valence electrons. The molecule has 0 spiro atoms. The van der Waals surface area contributed by atoms with Crippen LogP contribution in [0.3, 0.4) is 0 Å². The van der Waals surface area contributed by atoms with Crippen LogP contribution in [0.1, 0.15) is 0 Å². The van der Waals surface area contributed by atoms with Crippen molar-refractivity contribution in [2.24, 2.45) is 0 Å². The van der Waals surface area contributed by atoms with E-state index in [-0.39, 0.29) is 0 Å². The van der Waals surface area contributed by atoms with Gasteiger partial charge in [-0.05, 0) is 0 Å². The molecule has 13 heavy (non-hydrogen) atoms. The second kappa shape index (κ2) is 2.07. The lowest BCUT2D eigenvalue weighted by Gasteiger charge is -2.21. The van der Waals surface area contributed by atoms with E-state index < -0.39 is 29.3 Å². The van der Waals surface area contributed by atoms with Crippen LogP contribution in [0, 0.1) is 0 Å². The van der Waals surface area contributed by atoms with Gasteiger partial charge in [0.2, 0.25) is 0 Å². The SMILES string of the molecule is FC1(F)NC(F)(F)C(F)(F)C1(F)F. The van der Waals surface area contributed by atoms with Gasteiger partial charge in [-0.2, -0.15) is 40.4 Å². The van der Waals surface area contributed by atoms with Crippen LogP contribution in [0.5, 0.6) is 0 Å². The van der Waals surface area contributed by atoms with E-state index in [0.717, 1.165) is 0 Å². The third-order valence-electron chi connectivity index (χ3n) is 1.50. The molecule has 0 radical (unpaired) electrons. The monoisotopic (exact) mass is 215 g/mol. The van der Waals surface area contributed by atoms with Gasteiger partial charge in [-0.15, -0.1) is 0 Å². The fraction of sp³-hybridized carbons (Fsp3) is 1.00. The van der Waals surface area contributed by atoms with Gasteiger partial charge in [-0.3, -0.25) is 0 Å². The van der Waals surface area contributed by atoms with E-state index in [0.29, 0.717) is 0 Å². The highest BCUT2D eigenvalue weighted by atomic mass is 19.4. The minimum absolute atomic E-state index is 0.417. The summed E-state index contributed by atoms with van der Waals surface area (Å²) in [6.07, 6.45) is 0. The molecule has 1 N–H and O–H groups in total. The van der Waals surface area contributed by atoms with E-state index in [1.54, 1.807) is 0 Å². The molecule has 1 heterocycles. The lowest BCUT2D eigenvalue weighted by Crippen LogP contribution is -2.51. The zero-order chi connectivity index (χ0) is 10.7. The van der Waals surface area contributed by atoms with Crippen molar-refractivity contribution in [2.45, 2.75) is 23.9 Å². The number of rotatable bonds is 0. The third kappa shape index (κ3) is 0.960. The zero-order valence-electron chi connectivity index (χ0n) is 5.52. The topological polar surface area (TPSA) is 12.0 Å². The highest BCUT2D eigenvalue weighted by molar-refractivity contribution is 5.09. The fourth-order valence-electron chi connectivity index (χ4n) is 0.749. The molecule has 9 heteroatoms. The molecular formula is C4HF8N. The van der Waals surface area contributed by atoms with Gasteiger partial charge >= 0.3 is 23.9 Å². The first-order valence-corrected chi connectivity index (χ1v) is 2.76. The van der Waals surface area contributed by atoms with Crippen molar-refractivity contribution in [2.75, 3.05) is 0 Å². The molecular weight excluding hydrogens is 214 g/mol. The average Bonchev–Trinajstić information content (AvgIpc) is 1.88. The predicted octanol–water partition coefficient (Wildman–Crippen LogP) is 2.05. The molecule has 0 aliphatic carbocycles. The normalized spacial score (nSPS) is 33.2. The standard InChI is InChI=1S/C4HF8N/c5-1(6)2(7,8)4(11,12)13-3(1,9)10/h13H. The maximum absolute atomic E-state index is 12.0. The van der Waals surface area contributed by atoms with Crippen LogP contribution in [0.4, 0.5) is 35.1 Å². The van der Waals surface area contributed by atoms with Gasteiger partial charge < -0.3 is 0 Å². The number of nitrogens with one attached hydrogen (secondary N) is 1. The molecule has 0 bridgehead atoms. The highest BCUT2D eigenvalue weighted by Crippen LogP contribution is 2.56. The van der Waals surface area contributed by atoms with Crippen molar-refractivity contribution in [3.8, 4) is 0 Å². The Morgan fingerprint density at radius 2 is 0.769 bits per heavy atom. The van der Waals surface area contributed by atoms with Crippen LogP contribution in [-0.2, 0) is 0 Å². The minimum atomic E-state index is -6.11. The summed E-state index contributed by atoms with van der Waals surface area (Å²) >= 11 is 0. The summed E-state index contributed by atoms with van der Waals surface area (Å²) in [6.45, 7) is 0. The van der Waals surface area contributed by atoms with Crippen molar-refractivity contribution in [1.82, 2.24) is 5.32 Å². The van der Waals surface area contributed by atoms with E-state index in [1.165, 1.54) is 0 Å². The largest absolute Gasteiger partial charge is 0.394 e. The van der Waals surface area contributed by atoms with Gasteiger partial charge in [0.05, 0.1) is 0 Å². The second-order valence-corrected chi connectivity index (χ2v) is 2.42. The van der Waals surface area contributed by atoms with Crippen LogP contribution in [-0.4, -0.2) is 23.9 Å². The van der Waals surface area contributed by atoms with Crippen LogP contribution in [0.15, 0.2) is 0 Å². The summed E-state index contributed by atoms with van der Waals surface area (Å²) in [5, 5.41) is -0.417. The van der Waals surface area contributed by atoms with Crippen molar-refractivity contribution in [3.05, 3.63) is 0 Å². The third-order valence-corrected chi connectivity index (χ3v) is 1.50. The first-order chi connectivity index (χ1) is 5.46. The lowest BCUT2D eigenvalue weighted by atomic mass is 10.2. The summed E-state index contributed by atoms with van der Waals surface area (Å²) in [4.78, 5) is 0. The Hall–Kier alpha value is -0.600. The van der Waals surface area contributed by atoms with Gasteiger partial charge in [0.15, 0.2) is 0 Å². The summed E-state index contributed by atoms with van der Waals surface area (Å²) < 4.78 is 95.4. The molecule has 1 rings (SSSR count). The van der Waals surface area contributed by atoms with E-state index in [1.807, 2.05) is 0 Å². The van der Waals surface area contributed by atoms with E-state index >= 15 is 0 Å². The van der Waals surface area contributed by atoms with Crippen LogP contribution >= 0.6 is 0 Å². The zero-order valence-corrected chi connectivity index (χ0v) is 5.52. The van der Waals surface area contributed by atoms with Gasteiger partial charge in [-0.25, -0.2) is 0 Å². The van der Waals surface area contributed by atoms with Crippen molar-refractivity contribution >= 4 is 0 Å². The molecule has 1 nitrogen and oxygen atoms in total.